The smallest absolute Gasteiger partial charge is 0.161 e. The molecule has 6 nitrogen and oxygen atoms in total. The number of hydrogen-bond donors (Lipinski definition) is 2. The maximum Gasteiger partial charge on any atom is 0.161 e. The minimum Gasteiger partial charge on any atom is -0.493 e. The Morgan fingerprint density at radius 2 is 1.80 bits per heavy atom. The molecule has 0 spiro atoms. The van der Waals surface area contributed by atoms with Crippen molar-refractivity contribution < 1.29 is 19.7 Å². The highest BCUT2D eigenvalue weighted by molar-refractivity contribution is 5.43. The summed E-state index contributed by atoms with van der Waals surface area (Å²) in [5.41, 5.74) is 2.35. The van der Waals surface area contributed by atoms with Crippen molar-refractivity contribution in [3.05, 3.63) is 59.7 Å². The summed E-state index contributed by atoms with van der Waals surface area (Å²) >= 11 is 0. The number of ether oxygens (including phenoxy) is 2. The monoisotopic (exact) mass is 414 g/mol. The van der Waals surface area contributed by atoms with E-state index < -0.39 is 6.10 Å². The summed E-state index contributed by atoms with van der Waals surface area (Å²) in [6, 6.07) is 16.2. The fourth-order valence-corrected chi connectivity index (χ4v) is 3.83. The molecule has 0 aliphatic carbocycles. The van der Waals surface area contributed by atoms with Gasteiger partial charge in [-0.2, -0.15) is 0 Å². The average Bonchev–Trinajstić information content (AvgIpc) is 2.74. The lowest BCUT2D eigenvalue weighted by Crippen LogP contribution is -2.35. The maximum atomic E-state index is 10.4. The zero-order valence-corrected chi connectivity index (χ0v) is 18.0. The highest BCUT2D eigenvalue weighted by Gasteiger charge is 2.18. The molecule has 0 amide bonds. The number of piperidine rings is 1. The molecule has 0 radical (unpaired) electrons. The van der Waals surface area contributed by atoms with Crippen LogP contribution in [0.3, 0.4) is 0 Å². The Labute approximate surface area is 179 Å². The number of aliphatic hydroxyl groups excluding tert-OH is 2. The number of hydrogen-bond acceptors (Lipinski definition) is 6. The Kier molecular flexibility index (Phi) is 8.51. The van der Waals surface area contributed by atoms with Crippen LogP contribution >= 0.6 is 0 Å². The second-order valence-electron chi connectivity index (χ2n) is 8.14. The summed E-state index contributed by atoms with van der Waals surface area (Å²) in [5.74, 6) is 1.31. The number of nitrogens with zero attached hydrogens (tertiary/aromatic N) is 2. The molecular formula is C24H34N2O4. The molecule has 2 N–H and O–H groups in total. The zero-order chi connectivity index (χ0) is 21.3. The highest BCUT2D eigenvalue weighted by atomic mass is 16.5. The molecule has 0 unspecified atom stereocenters. The normalized spacial score (nSPS) is 16.6. The molecule has 0 aromatic heterocycles. The minimum absolute atomic E-state index is 0.169. The van der Waals surface area contributed by atoms with Crippen molar-refractivity contribution in [2.75, 3.05) is 40.4 Å². The van der Waals surface area contributed by atoms with Crippen molar-refractivity contribution in [2.45, 2.75) is 38.1 Å². The van der Waals surface area contributed by atoms with Crippen molar-refractivity contribution in [1.82, 2.24) is 9.80 Å². The van der Waals surface area contributed by atoms with Gasteiger partial charge >= 0.3 is 0 Å². The van der Waals surface area contributed by atoms with Crippen LogP contribution in [0.25, 0.3) is 0 Å². The molecule has 1 aliphatic rings. The molecule has 0 saturated carbocycles. The van der Waals surface area contributed by atoms with Gasteiger partial charge in [-0.1, -0.05) is 36.4 Å². The molecule has 3 rings (SSSR count). The van der Waals surface area contributed by atoms with Gasteiger partial charge in [0.05, 0.1) is 13.2 Å². The third-order valence-corrected chi connectivity index (χ3v) is 5.44. The Morgan fingerprint density at radius 1 is 1.07 bits per heavy atom. The quantitative estimate of drug-likeness (QED) is 0.623. The molecule has 1 saturated heterocycles. The van der Waals surface area contributed by atoms with Crippen LogP contribution < -0.4 is 9.47 Å². The van der Waals surface area contributed by atoms with Crippen LogP contribution in [0.15, 0.2) is 48.5 Å². The van der Waals surface area contributed by atoms with Crippen LogP contribution in [0.1, 0.15) is 24.0 Å². The van der Waals surface area contributed by atoms with Gasteiger partial charge in [0.1, 0.15) is 12.7 Å². The van der Waals surface area contributed by atoms with Gasteiger partial charge in [-0.15, -0.1) is 0 Å². The Morgan fingerprint density at radius 3 is 2.50 bits per heavy atom. The molecule has 1 fully saturated rings. The SMILES string of the molecule is COc1ccc(CN2CCC(O)CC2)cc1OC[C@@H](O)CN(C)Cc1ccccc1. The van der Waals surface area contributed by atoms with E-state index in [1.807, 2.05) is 43.4 Å². The van der Waals surface area contributed by atoms with Gasteiger partial charge in [0.25, 0.3) is 0 Å². The van der Waals surface area contributed by atoms with Crippen molar-refractivity contribution in [3.8, 4) is 11.5 Å². The number of likely N-dealkylation sites (tertiary alicyclic amines) is 1. The Hall–Kier alpha value is -2.12. The largest absolute Gasteiger partial charge is 0.493 e. The van der Waals surface area contributed by atoms with Crippen molar-refractivity contribution >= 4 is 0 Å². The first kappa shape index (κ1) is 22.6. The average molecular weight is 415 g/mol. The van der Waals surface area contributed by atoms with Gasteiger partial charge in [0.2, 0.25) is 0 Å². The van der Waals surface area contributed by atoms with E-state index in [0.717, 1.165) is 44.6 Å². The van der Waals surface area contributed by atoms with Crippen molar-refractivity contribution in [3.63, 3.8) is 0 Å². The van der Waals surface area contributed by atoms with Crippen molar-refractivity contribution in [1.29, 1.82) is 0 Å². The minimum atomic E-state index is -0.601. The first-order chi connectivity index (χ1) is 14.5. The van der Waals surface area contributed by atoms with Crippen LogP contribution in [-0.4, -0.2) is 72.6 Å². The van der Waals surface area contributed by atoms with Crippen LogP contribution in [0.5, 0.6) is 11.5 Å². The van der Waals surface area contributed by atoms with Gasteiger partial charge in [-0.05, 0) is 43.1 Å². The predicted molar refractivity (Wildman–Crippen MR) is 118 cm³/mol. The van der Waals surface area contributed by atoms with Gasteiger partial charge in [0, 0.05) is 32.7 Å². The summed E-state index contributed by atoms with van der Waals surface area (Å²) in [6.07, 6.45) is 0.873. The fraction of sp³-hybridized carbons (Fsp3) is 0.500. The maximum absolute atomic E-state index is 10.4. The third kappa shape index (κ3) is 6.99. The number of benzene rings is 2. The van der Waals surface area contributed by atoms with E-state index in [-0.39, 0.29) is 12.7 Å². The first-order valence-corrected chi connectivity index (χ1v) is 10.6. The Bertz CT molecular complexity index is 763. The summed E-state index contributed by atoms with van der Waals surface area (Å²) in [4.78, 5) is 4.42. The lowest BCUT2D eigenvalue weighted by Gasteiger charge is -2.29. The molecule has 30 heavy (non-hydrogen) atoms. The molecule has 164 valence electrons. The second-order valence-corrected chi connectivity index (χ2v) is 8.14. The third-order valence-electron chi connectivity index (χ3n) is 5.44. The molecule has 1 aliphatic heterocycles. The number of likely N-dealkylation sites (N-methyl/N-ethyl adjacent to an activating group) is 1. The number of aliphatic hydroxyl groups is 2. The fourth-order valence-electron chi connectivity index (χ4n) is 3.83. The van der Waals surface area contributed by atoms with Gasteiger partial charge in [-0.3, -0.25) is 9.80 Å². The first-order valence-electron chi connectivity index (χ1n) is 10.6. The van der Waals surface area contributed by atoms with E-state index in [9.17, 15) is 10.2 Å². The molecule has 1 heterocycles. The summed E-state index contributed by atoms with van der Waals surface area (Å²) in [5, 5.41) is 20.1. The second kappa shape index (κ2) is 11.3. The van der Waals surface area contributed by atoms with Crippen LogP contribution in [0.4, 0.5) is 0 Å². The molecule has 2 aromatic rings. The Balaban J connectivity index is 1.51. The van der Waals surface area contributed by atoms with E-state index in [1.54, 1.807) is 7.11 Å². The molecule has 1 atom stereocenters. The molecular weight excluding hydrogens is 380 g/mol. The lowest BCUT2D eigenvalue weighted by atomic mass is 10.1. The number of methoxy groups -OCH3 is 1. The molecule has 6 heteroatoms. The van der Waals surface area contributed by atoms with E-state index in [2.05, 4.69) is 21.9 Å². The summed E-state index contributed by atoms with van der Waals surface area (Å²) < 4.78 is 11.4. The summed E-state index contributed by atoms with van der Waals surface area (Å²) in [6.45, 7) is 4.12. The predicted octanol–water partition coefficient (Wildman–Crippen LogP) is 2.52. The molecule has 2 aromatic carbocycles. The van der Waals surface area contributed by atoms with E-state index in [0.29, 0.717) is 18.0 Å². The highest BCUT2D eigenvalue weighted by Crippen LogP contribution is 2.29. The van der Waals surface area contributed by atoms with Gasteiger partial charge in [-0.25, -0.2) is 0 Å². The number of rotatable bonds is 10. The lowest BCUT2D eigenvalue weighted by molar-refractivity contribution is 0.0729. The van der Waals surface area contributed by atoms with E-state index in [4.69, 9.17) is 9.47 Å². The van der Waals surface area contributed by atoms with E-state index in [1.165, 1.54) is 5.56 Å². The standard InChI is InChI=1S/C24H34N2O4/c1-25(15-19-6-4-3-5-7-19)17-22(28)18-30-24-14-20(8-9-23(24)29-2)16-26-12-10-21(27)11-13-26/h3-9,14,21-22,27-28H,10-13,15-18H2,1-2H3/t22-/m0/s1. The van der Waals surface area contributed by atoms with Gasteiger partial charge < -0.3 is 19.7 Å². The topological polar surface area (TPSA) is 65.4 Å². The van der Waals surface area contributed by atoms with Crippen LogP contribution in [-0.2, 0) is 13.1 Å². The van der Waals surface area contributed by atoms with E-state index >= 15 is 0 Å². The van der Waals surface area contributed by atoms with Crippen LogP contribution in [0, 0.1) is 0 Å². The van der Waals surface area contributed by atoms with Crippen molar-refractivity contribution in [2.24, 2.45) is 0 Å². The zero-order valence-electron chi connectivity index (χ0n) is 18.0. The molecule has 0 bridgehead atoms. The summed E-state index contributed by atoms with van der Waals surface area (Å²) in [7, 11) is 3.62. The van der Waals surface area contributed by atoms with Gasteiger partial charge in [0.15, 0.2) is 11.5 Å². The van der Waals surface area contributed by atoms with Crippen LogP contribution in [0.2, 0.25) is 0 Å².